The number of alkyl halides is 1. The number of nitrogens with one attached hydrogen (secondary N) is 1. The lowest BCUT2D eigenvalue weighted by molar-refractivity contribution is 0.0952. The predicted molar refractivity (Wildman–Crippen MR) is 80.3 cm³/mol. The van der Waals surface area contributed by atoms with Crippen LogP contribution in [0.4, 0.5) is 0 Å². The maximum atomic E-state index is 11.9. The van der Waals surface area contributed by atoms with Crippen LogP contribution in [0.25, 0.3) is 0 Å². The third-order valence-corrected chi connectivity index (χ3v) is 4.40. The maximum Gasteiger partial charge on any atom is 0.251 e. The highest BCUT2D eigenvalue weighted by Crippen LogP contribution is 2.19. The van der Waals surface area contributed by atoms with Gasteiger partial charge in [0.1, 0.15) is 0 Å². The molecule has 0 aliphatic rings. The van der Waals surface area contributed by atoms with Gasteiger partial charge < -0.3 is 5.32 Å². The number of aryl methyl sites for hydroxylation is 1. The molecule has 0 saturated heterocycles. The molecular weight excluding hydrogens is 290 g/mol. The highest BCUT2D eigenvalue weighted by molar-refractivity contribution is 9.09. The lowest BCUT2D eigenvalue weighted by Crippen LogP contribution is -2.32. The Morgan fingerprint density at radius 1 is 1.22 bits per heavy atom. The van der Waals surface area contributed by atoms with E-state index in [1.807, 2.05) is 31.2 Å². The number of halogens is 1. The standard InChI is InChI=1S/C15H22BrNO/c1-4-12(5-2)14(16)10-17-15(18)13-8-6-11(3)7-9-13/h6-9,12,14H,4-5,10H2,1-3H3,(H,17,18). The molecule has 1 aromatic rings. The van der Waals surface area contributed by atoms with Crippen LogP contribution in [0.3, 0.4) is 0 Å². The van der Waals surface area contributed by atoms with Crippen molar-refractivity contribution in [2.75, 3.05) is 6.54 Å². The molecule has 0 saturated carbocycles. The van der Waals surface area contributed by atoms with Crippen molar-refractivity contribution in [3.05, 3.63) is 35.4 Å². The second kappa shape index (κ2) is 7.57. The molecule has 0 aliphatic heterocycles. The molecule has 1 rings (SSSR count). The summed E-state index contributed by atoms with van der Waals surface area (Å²) in [5, 5.41) is 2.98. The molecule has 1 amide bonds. The van der Waals surface area contributed by atoms with E-state index in [2.05, 4.69) is 35.1 Å². The molecule has 1 aromatic carbocycles. The number of benzene rings is 1. The SMILES string of the molecule is CCC(CC)C(Br)CNC(=O)c1ccc(C)cc1. The van der Waals surface area contributed by atoms with E-state index in [4.69, 9.17) is 0 Å². The molecular formula is C15H22BrNO. The first-order valence-electron chi connectivity index (χ1n) is 6.57. The van der Waals surface area contributed by atoms with Gasteiger partial charge in [-0.05, 0) is 25.0 Å². The maximum absolute atomic E-state index is 11.9. The van der Waals surface area contributed by atoms with Crippen molar-refractivity contribution in [3.63, 3.8) is 0 Å². The number of carbonyl (C=O) groups is 1. The molecule has 3 heteroatoms. The lowest BCUT2D eigenvalue weighted by Gasteiger charge is -2.19. The second-order valence-electron chi connectivity index (χ2n) is 4.67. The van der Waals surface area contributed by atoms with Gasteiger partial charge in [-0.3, -0.25) is 4.79 Å². The summed E-state index contributed by atoms with van der Waals surface area (Å²) in [7, 11) is 0. The first-order valence-corrected chi connectivity index (χ1v) is 7.49. The zero-order chi connectivity index (χ0) is 13.5. The van der Waals surface area contributed by atoms with Gasteiger partial charge in [0.2, 0.25) is 0 Å². The molecule has 0 spiro atoms. The van der Waals surface area contributed by atoms with E-state index in [1.54, 1.807) is 0 Å². The minimum absolute atomic E-state index is 0.00501. The Bertz CT molecular complexity index is 371. The Balaban J connectivity index is 2.48. The predicted octanol–water partition coefficient (Wildman–Crippen LogP) is 3.92. The van der Waals surface area contributed by atoms with Crippen molar-refractivity contribution in [2.45, 2.75) is 38.4 Å². The third kappa shape index (κ3) is 4.45. The first kappa shape index (κ1) is 15.2. The molecule has 0 heterocycles. The molecule has 1 atom stereocenters. The summed E-state index contributed by atoms with van der Waals surface area (Å²) in [6.07, 6.45) is 2.26. The fourth-order valence-corrected chi connectivity index (χ4v) is 2.87. The van der Waals surface area contributed by atoms with Gasteiger partial charge in [-0.2, -0.15) is 0 Å². The van der Waals surface area contributed by atoms with Crippen LogP contribution < -0.4 is 5.32 Å². The largest absolute Gasteiger partial charge is 0.351 e. The van der Waals surface area contributed by atoms with Gasteiger partial charge in [0.05, 0.1) is 0 Å². The molecule has 18 heavy (non-hydrogen) atoms. The highest BCUT2D eigenvalue weighted by Gasteiger charge is 2.16. The molecule has 100 valence electrons. The molecule has 0 aromatic heterocycles. The Labute approximate surface area is 118 Å². The van der Waals surface area contributed by atoms with Crippen molar-refractivity contribution in [1.29, 1.82) is 0 Å². The average Bonchev–Trinajstić information content (AvgIpc) is 2.38. The zero-order valence-corrected chi connectivity index (χ0v) is 13.0. The fourth-order valence-electron chi connectivity index (χ4n) is 1.96. The van der Waals surface area contributed by atoms with Crippen molar-refractivity contribution < 1.29 is 4.79 Å². The van der Waals surface area contributed by atoms with Gasteiger partial charge in [0, 0.05) is 16.9 Å². The van der Waals surface area contributed by atoms with Crippen LogP contribution in [0.5, 0.6) is 0 Å². The van der Waals surface area contributed by atoms with Crippen LogP contribution in [-0.4, -0.2) is 17.3 Å². The summed E-state index contributed by atoms with van der Waals surface area (Å²) in [4.78, 5) is 12.3. The Hall–Kier alpha value is -0.830. The molecule has 1 unspecified atom stereocenters. The lowest BCUT2D eigenvalue weighted by atomic mass is 9.99. The number of carbonyl (C=O) groups excluding carboxylic acids is 1. The van der Waals surface area contributed by atoms with Crippen molar-refractivity contribution in [2.24, 2.45) is 5.92 Å². The Morgan fingerprint density at radius 2 is 1.78 bits per heavy atom. The summed E-state index contributed by atoms with van der Waals surface area (Å²) in [6.45, 7) is 7.07. The summed E-state index contributed by atoms with van der Waals surface area (Å²) in [5.74, 6) is 0.619. The molecule has 0 radical (unpaired) electrons. The van der Waals surface area contributed by atoms with Crippen LogP contribution in [0.2, 0.25) is 0 Å². The smallest absolute Gasteiger partial charge is 0.251 e. The van der Waals surface area contributed by atoms with Crippen LogP contribution in [0, 0.1) is 12.8 Å². The third-order valence-electron chi connectivity index (χ3n) is 3.33. The van der Waals surface area contributed by atoms with Gasteiger partial charge >= 0.3 is 0 Å². The van der Waals surface area contributed by atoms with E-state index in [0.29, 0.717) is 17.3 Å². The Morgan fingerprint density at radius 3 is 2.28 bits per heavy atom. The minimum atomic E-state index is 0.00501. The summed E-state index contributed by atoms with van der Waals surface area (Å²) in [5.41, 5.74) is 1.90. The Kier molecular flexibility index (Phi) is 6.41. The topological polar surface area (TPSA) is 29.1 Å². The molecule has 0 aliphatic carbocycles. The number of rotatable bonds is 6. The molecule has 0 bridgehead atoms. The monoisotopic (exact) mass is 311 g/mol. The second-order valence-corrected chi connectivity index (χ2v) is 5.84. The summed E-state index contributed by atoms with van der Waals surface area (Å²) in [6, 6.07) is 7.65. The number of amides is 1. The van der Waals surface area contributed by atoms with E-state index < -0.39 is 0 Å². The van der Waals surface area contributed by atoms with E-state index >= 15 is 0 Å². The summed E-state index contributed by atoms with van der Waals surface area (Å²) >= 11 is 3.66. The van der Waals surface area contributed by atoms with Gasteiger partial charge in [-0.1, -0.05) is 60.3 Å². The van der Waals surface area contributed by atoms with Crippen LogP contribution in [-0.2, 0) is 0 Å². The van der Waals surface area contributed by atoms with Crippen molar-refractivity contribution in [3.8, 4) is 0 Å². The van der Waals surface area contributed by atoms with Crippen molar-refractivity contribution >= 4 is 21.8 Å². The highest BCUT2D eigenvalue weighted by atomic mass is 79.9. The molecule has 0 fully saturated rings. The number of hydrogen-bond donors (Lipinski definition) is 1. The van der Waals surface area contributed by atoms with E-state index in [-0.39, 0.29) is 5.91 Å². The number of hydrogen-bond acceptors (Lipinski definition) is 1. The van der Waals surface area contributed by atoms with E-state index in [0.717, 1.165) is 18.4 Å². The van der Waals surface area contributed by atoms with Crippen LogP contribution in [0.1, 0.15) is 42.6 Å². The van der Waals surface area contributed by atoms with Crippen LogP contribution >= 0.6 is 15.9 Å². The van der Waals surface area contributed by atoms with E-state index in [1.165, 1.54) is 5.56 Å². The average molecular weight is 312 g/mol. The van der Waals surface area contributed by atoms with Gasteiger partial charge in [0.25, 0.3) is 5.91 Å². The van der Waals surface area contributed by atoms with E-state index in [9.17, 15) is 4.79 Å². The normalized spacial score (nSPS) is 12.5. The fraction of sp³-hybridized carbons (Fsp3) is 0.533. The zero-order valence-electron chi connectivity index (χ0n) is 11.4. The van der Waals surface area contributed by atoms with Gasteiger partial charge in [-0.25, -0.2) is 0 Å². The summed E-state index contributed by atoms with van der Waals surface area (Å²) < 4.78 is 0. The minimum Gasteiger partial charge on any atom is -0.351 e. The van der Waals surface area contributed by atoms with Gasteiger partial charge in [0.15, 0.2) is 0 Å². The van der Waals surface area contributed by atoms with Crippen LogP contribution in [0.15, 0.2) is 24.3 Å². The first-order chi connectivity index (χ1) is 8.58. The van der Waals surface area contributed by atoms with Gasteiger partial charge in [-0.15, -0.1) is 0 Å². The van der Waals surface area contributed by atoms with Crippen molar-refractivity contribution in [1.82, 2.24) is 5.32 Å². The molecule has 2 nitrogen and oxygen atoms in total. The molecule has 1 N–H and O–H groups in total. The quantitative estimate of drug-likeness (QED) is 0.793.